The minimum Gasteiger partial charge on any atom is -0.295 e. The van der Waals surface area contributed by atoms with E-state index in [4.69, 9.17) is 34.8 Å². The average Bonchev–Trinajstić information content (AvgIpc) is 2.83. The Labute approximate surface area is 219 Å². The zero-order chi connectivity index (χ0) is 27.5. The fourth-order valence-electron chi connectivity index (χ4n) is 3.06. The minimum absolute atomic E-state index is 0.0715. The van der Waals surface area contributed by atoms with Gasteiger partial charge in [0.2, 0.25) is 0 Å². The Morgan fingerprint density at radius 2 is 1.54 bits per heavy atom. The molecule has 3 rings (SSSR count). The lowest BCUT2D eigenvalue weighted by Crippen LogP contribution is -2.31. The molecule has 0 radical (unpaired) electrons. The van der Waals surface area contributed by atoms with Crippen LogP contribution in [0.5, 0.6) is 0 Å². The topological polar surface area (TPSA) is 66.9 Å². The Kier molecular flexibility index (Phi) is 8.56. The number of carbonyl (C=O) groups is 1. The zero-order valence-corrected chi connectivity index (χ0v) is 20.1. The molecule has 0 fully saturated rings. The minimum atomic E-state index is -5.15. The second-order valence-corrected chi connectivity index (χ2v) is 8.49. The summed E-state index contributed by atoms with van der Waals surface area (Å²) in [7, 11) is 0. The quantitative estimate of drug-likeness (QED) is 0.175. The van der Waals surface area contributed by atoms with Crippen LogP contribution in [0.15, 0.2) is 55.1 Å². The van der Waals surface area contributed by atoms with E-state index in [2.05, 4.69) is 15.4 Å². The van der Waals surface area contributed by atoms with Gasteiger partial charge in [0, 0.05) is 5.56 Å². The predicted octanol–water partition coefficient (Wildman–Crippen LogP) is 7.87. The molecule has 5 nitrogen and oxygen atoms in total. The number of hydrogen-bond acceptors (Lipinski definition) is 4. The van der Waals surface area contributed by atoms with E-state index in [1.165, 1.54) is 18.7 Å². The molecule has 0 aliphatic carbocycles. The van der Waals surface area contributed by atoms with Crippen LogP contribution in [0, 0.1) is 0 Å². The van der Waals surface area contributed by atoms with E-state index in [9.17, 15) is 35.5 Å². The Hall–Kier alpha value is -3.09. The van der Waals surface area contributed by atoms with Crippen LogP contribution in [0.3, 0.4) is 0 Å². The van der Waals surface area contributed by atoms with Crippen molar-refractivity contribution in [3.05, 3.63) is 92.5 Å². The molecule has 0 spiro atoms. The highest BCUT2D eigenvalue weighted by Crippen LogP contribution is 2.42. The molecule has 1 heterocycles. The monoisotopic (exact) mass is 586 g/mol. The number of aromatic nitrogens is 2. The summed E-state index contributed by atoms with van der Waals surface area (Å²) in [4.78, 5) is 19.6. The predicted molar refractivity (Wildman–Crippen MR) is 124 cm³/mol. The van der Waals surface area contributed by atoms with Gasteiger partial charge < -0.3 is 0 Å². The number of rotatable bonds is 6. The van der Waals surface area contributed by atoms with E-state index in [-0.39, 0.29) is 32.9 Å². The van der Waals surface area contributed by atoms with Gasteiger partial charge in [-0.05, 0) is 35.9 Å². The maximum absolute atomic E-state index is 14.9. The molecule has 196 valence electrons. The molecule has 0 aliphatic rings. The van der Waals surface area contributed by atoms with Crippen molar-refractivity contribution in [1.29, 1.82) is 0 Å². The van der Waals surface area contributed by atoms with Crippen LogP contribution in [0.1, 0.15) is 33.0 Å². The van der Waals surface area contributed by atoms with Crippen molar-refractivity contribution in [3.8, 4) is 0 Å². The number of anilines is 1. The molecule has 1 aromatic heterocycles. The lowest BCUT2D eigenvalue weighted by molar-refractivity contribution is -0.140. The first kappa shape index (κ1) is 28.5. The first-order valence-corrected chi connectivity index (χ1v) is 10.9. The standard InChI is InChI=1S/C22H12Cl3F7N4O/c23-16-4-11(5-17(24)19(16)25)14(21(27,28)29)6-18(26)10-1-2-13(15(3-10)22(30,31)32)20(37)36-35-12-7-33-9-34-8-12/h1-9,14,35H,(H,36,37)/b18-6-. The van der Waals surface area contributed by atoms with Gasteiger partial charge in [0.1, 0.15) is 18.1 Å². The molecule has 1 atom stereocenters. The van der Waals surface area contributed by atoms with Crippen LogP contribution < -0.4 is 10.9 Å². The molecule has 1 unspecified atom stereocenters. The summed E-state index contributed by atoms with van der Waals surface area (Å²) in [6.45, 7) is 0. The highest BCUT2D eigenvalue weighted by atomic mass is 35.5. The molecule has 2 aromatic carbocycles. The number of allylic oxidation sites excluding steroid dienone is 1. The van der Waals surface area contributed by atoms with Gasteiger partial charge in [-0.15, -0.1) is 0 Å². The molecule has 1 amide bonds. The third-order valence-electron chi connectivity index (χ3n) is 4.76. The van der Waals surface area contributed by atoms with Crippen molar-refractivity contribution in [3.63, 3.8) is 0 Å². The van der Waals surface area contributed by atoms with Crippen LogP contribution in [0.4, 0.5) is 36.4 Å². The van der Waals surface area contributed by atoms with E-state index >= 15 is 0 Å². The van der Waals surface area contributed by atoms with Crippen LogP contribution in [0.2, 0.25) is 15.1 Å². The first-order valence-electron chi connectivity index (χ1n) is 9.80. The normalized spacial score (nSPS) is 13.3. The maximum Gasteiger partial charge on any atom is 0.417 e. The number of alkyl halides is 6. The first-order chi connectivity index (χ1) is 17.2. The van der Waals surface area contributed by atoms with Gasteiger partial charge >= 0.3 is 12.4 Å². The lowest BCUT2D eigenvalue weighted by atomic mass is 9.95. The lowest BCUT2D eigenvalue weighted by Gasteiger charge is -2.19. The Morgan fingerprint density at radius 1 is 0.946 bits per heavy atom. The van der Waals surface area contributed by atoms with Gasteiger partial charge in [0.25, 0.3) is 5.91 Å². The smallest absolute Gasteiger partial charge is 0.295 e. The second kappa shape index (κ2) is 11.1. The highest BCUT2D eigenvalue weighted by Gasteiger charge is 2.41. The van der Waals surface area contributed by atoms with E-state index in [0.717, 1.165) is 18.2 Å². The summed E-state index contributed by atoms with van der Waals surface area (Å²) in [6.07, 6.45) is -6.54. The number of nitrogens with one attached hydrogen (secondary N) is 2. The van der Waals surface area contributed by atoms with E-state index in [0.29, 0.717) is 6.07 Å². The third-order valence-corrected chi connectivity index (χ3v) is 5.95. The molecule has 0 bridgehead atoms. The van der Waals surface area contributed by atoms with Gasteiger partial charge in [-0.25, -0.2) is 14.4 Å². The average molecular weight is 588 g/mol. The second-order valence-electron chi connectivity index (χ2n) is 7.30. The number of nitrogens with zero attached hydrogens (tertiary/aromatic N) is 2. The van der Waals surface area contributed by atoms with Crippen molar-refractivity contribution in [2.24, 2.45) is 0 Å². The number of amides is 1. The molecule has 2 N–H and O–H groups in total. The van der Waals surface area contributed by atoms with Gasteiger partial charge in [-0.1, -0.05) is 40.9 Å². The molecule has 3 aromatic rings. The summed E-state index contributed by atoms with van der Waals surface area (Å²) in [6, 6.07) is 3.22. The van der Waals surface area contributed by atoms with Crippen molar-refractivity contribution in [2.75, 3.05) is 5.43 Å². The molecule has 0 saturated carbocycles. The van der Waals surface area contributed by atoms with E-state index < -0.39 is 52.3 Å². The van der Waals surface area contributed by atoms with E-state index in [1.807, 2.05) is 5.43 Å². The van der Waals surface area contributed by atoms with Gasteiger partial charge in [-0.2, -0.15) is 26.3 Å². The van der Waals surface area contributed by atoms with Crippen LogP contribution in [0.25, 0.3) is 5.83 Å². The SMILES string of the molecule is O=C(NNc1cncnc1)c1ccc(/C(F)=C/C(c2cc(Cl)c(Cl)c(Cl)c2)C(F)(F)F)cc1C(F)(F)F. The molecule has 15 heteroatoms. The largest absolute Gasteiger partial charge is 0.417 e. The summed E-state index contributed by atoms with van der Waals surface area (Å²) in [5.41, 5.74) is 0.502. The van der Waals surface area contributed by atoms with E-state index in [1.54, 1.807) is 0 Å². The number of benzene rings is 2. The number of carbonyl (C=O) groups excluding carboxylic acids is 1. The summed E-state index contributed by atoms with van der Waals surface area (Å²) >= 11 is 17.3. The zero-order valence-electron chi connectivity index (χ0n) is 17.9. The number of hydrazine groups is 1. The molecule has 0 aliphatic heterocycles. The Balaban J connectivity index is 1.99. The van der Waals surface area contributed by atoms with Crippen molar-refractivity contribution >= 4 is 52.2 Å². The molecule has 37 heavy (non-hydrogen) atoms. The van der Waals surface area contributed by atoms with Crippen LogP contribution >= 0.6 is 34.8 Å². The fraction of sp³-hybridized carbons (Fsp3) is 0.136. The molecular formula is C22H12Cl3F7N4O. The fourth-order valence-corrected chi connectivity index (χ4v) is 3.68. The molecular weight excluding hydrogens is 576 g/mol. The highest BCUT2D eigenvalue weighted by molar-refractivity contribution is 6.48. The van der Waals surface area contributed by atoms with Crippen LogP contribution in [-0.4, -0.2) is 22.1 Å². The third kappa shape index (κ3) is 7.02. The summed E-state index contributed by atoms with van der Waals surface area (Å²) in [5, 5.41) is -0.898. The summed E-state index contributed by atoms with van der Waals surface area (Å²) in [5.74, 6) is -5.53. The number of halogens is 10. The Morgan fingerprint density at radius 3 is 2.08 bits per heavy atom. The van der Waals surface area contributed by atoms with Gasteiger partial charge in [0.15, 0.2) is 0 Å². The molecule has 0 saturated heterocycles. The van der Waals surface area contributed by atoms with Crippen molar-refractivity contribution < 1.29 is 35.5 Å². The van der Waals surface area contributed by atoms with Crippen molar-refractivity contribution in [1.82, 2.24) is 15.4 Å². The Bertz CT molecular complexity index is 1310. The van der Waals surface area contributed by atoms with Gasteiger partial charge in [-0.3, -0.25) is 15.6 Å². The van der Waals surface area contributed by atoms with Gasteiger partial charge in [0.05, 0.1) is 44.3 Å². The maximum atomic E-state index is 14.9. The summed E-state index contributed by atoms with van der Waals surface area (Å²) < 4.78 is 97.1. The van der Waals surface area contributed by atoms with Crippen LogP contribution in [-0.2, 0) is 6.18 Å². The van der Waals surface area contributed by atoms with Crippen molar-refractivity contribution in [2.45, 2.75) is 18.3 Å². The number of hydrogen-bond donors (Lipinski definition) is 2.